The minimum Gasteiger partial charge on any atom is -0.496 e. The minimum atomic E-state index is -2.20. The van der Waals surface area contributed by atoms with E-state index >= 15 is 0 Å². The minimum absolute atomic E-state index is 0.0117. The maximum absolute atomic E-state index is 14.0. The standard InChI is InChI=1S/C15H13F3O2/c1-15(19,13-9(16)5-3-6-10(13)17)14-11(18)7-4-8-12(14)20-2/h3-8,19H,1-2H3. The van der Waals surface area contributed by atoms with Gasteiger partial charge in [-0.3, -0.25) is 0 Å². The number of benzene rings is 2. The van der Waals surface area contributed by atoms with Crippen LogP contribution in [0.15, 0.2) is 36.4 Å². The Hall–Kier alpha value is -2.01. The van der Waals surface area contributed by atoms with Crippen molar-refractivity contribution in [2.75, 3.05) is 7.11 Å². The molecule has 1 unspecified atom stereocenters. The van der Waals surface area contributed by atoms with Gasteiger partial charge in [0.05, 0.1) is 18.2 Å². The second-order valence-electron chi connectivity index (χ2n) is 4.49. The Morgan fingerprint density at radius 3 is 1.85 bits per heavy atom. The van der Waals surface area contributed by atoms with Crippen molar-refractivity contribution in [3.8, 4) is 5.75 Å². The smallest absolute Gasteiger partial charge is 0.133 e. The molecule has 0 heterocycles. The lowest BCUT2D eigenvalue weighted by atomic mass is 9.86. The zero-order valence-corrected chi connectivity index (χ0v) is 11.0. The van der Waals surface area contributed by atoms with E-state index in [0.29, 0.717) is 0 Å². The lowest BCUT2D eigenvalue weighted by molar-refractivity contribution is 0.0861. The zero-order valence-electron chi connectivity index (χ0n) is 11.0. The van der Waals surface area contributed by atoms with Crippen molar-refractivity contribution in [1.29, 1.82) is 0 Å². The summed E-state index contributed by atoms with van der Waals surface area (Å²) in [6, 6.07) is 7.05. The third kappa shape index (κ3) is 2.25. The van der Waals surface area contributed by atoms with E-state index in [9.17, 15) is 18.3 Å². The molecule has 2 rings (SSSR count). The summed E-state index contributed by atoms with van der Waals surface area (Å²) in [5, 5.41) is 10.5. The van der Waals surface area contributed by atoms with Crippen LogP contribution in [0, 0.1) is 17.5 Å². The van der Waals surface area contributed by atoms with E-state index in [-0.39, 0.29) is 11.3 Å². The summed E-state index contributed by atoms with van der Waals surface area (Å²) in [6.45, 7) is 1.12. The summed E-state index contributed by atoms with van der Waals surface area (Å²) < 4.78 is 46.6. The highest BCUT2D eigenvalue weighted by molar-refractivity contribution is 5.45. The Labute approximate surface area is 114 Å². The molecule has 0 bridgehead atoms. The van der Waals surface area contributed by atoms with Gasteiger partial charge >= 0.3 is 0 Å². The molecule has 2 aromatic rings. The van der Waals surface area contributed by atoms with Gasteiger partial charge in [0.2, 0.25) is 0 Å². The van der Waals surface area contributed by atoms with Gasteiger partial charge in [-0.1, -0.05) is 12.1 Å². The molecule has 0 aliphatic rings. The lowest BCUT2D eigenvalue weighted by Crippen LogP contribution is -2.28. The molecule has 0 spiro atoms. The van der Waals surface area contributed by atoms with Gasteiger partial charge in [-0.05, 0) is 31.2 Å². The Bertz CT molecular complexity index is 619. The summed E-state index contributed by atoms with van der Waals surface area (Å²) >= 11 is 0. The van der Waals surface area contributed by atoms with Gasteiger partial charge < -0.3 is 9.84 Å². The summed E-state index contributed by atoms with van der Waals surface area (Å²) in [4.78, 5) is 0. The first-order valence-corrected chi connectivity index (χ1v) is 5.89. The Balaban J connectivity index is 2.73. The van der Waals surface area contributed by atoms with Gasteiger partial charge in [0, 0.05) is 0 Å². The fourth-order valence-corrected chi connectivity index (χ4v) is 2.23. The van der Waals surface area contributed by atoms with Gasteiger partial charge in [0.1, 0.15) is 28.8 Å². The van der Waals surface area contributed by atoms with Crippen molar-refractivity contribution in [1.82, 2.24) is 0 Å². The van der Waals surface area contributed by atoms with E-state index in [0.717, 1.165) is 25.1 Å². The molecule has 0 saturated heterocycles. The largest absolute Gasteiger partial charge is 0.496 e. The topological polar surface area (TPSA) is 29.5 Å². The molecule has 0 fully saturated rings. The van der Waals surface area contributed by atoms with Crippen LogP contribution in [0.3, 0.4) is 0 Å². The molecule has 0 amide bonds. The number of aliphatic hydroxyl groups is 1. The molecule has 0 radical (unpaired) electrons. The quantitative estimate of drug-likeness (QED) is 0.935. The number of hydrogen-bond donors (Lipinski definition) is 1. The number of halogens is 3. The molecular formula is C15H13F3O2. The number of methoxy groups -OCH3 is 1. The molecule has 1 N–H and O–H groups in total. The molecule has 106 valence electrons. The fourth-order valence-electron chi connectivity index (χ4n) is 2.23. The van der Waals surface area contributed by atoms with Gasteiger partial charge in [-0.2, -0.15) is 0 Å². The van der Waals surface area contributed by atoms with E-state index in [1.54, 1.807) is 0 Å². The maximum atomic E-state index is 14.0. The van der Waals surface area contributed by atoms with Crippen molar-refractivity contribution in [2.24, 2.45) is 0 Å². The average molecular weight is 282 g/mol. The van der Waals surface area contributed by atoms with E-state index in [1.807, 2.05) is 0 Å². The van der Waals surface area contributed by atoms with Crippen LogP contribution >= 0.6 is 0 Å². The molecule has 20 heavy (non-hydrogen) atoms. The first kappa shape index (κ1) is 14.4. The highest BCUT2D eigenvalue weighted by Crippen LogP contribution is 2.39. The Morgan fingerprint density at radius 1 is 0.900 bits per heavy atom. The van der Waals surface area contributed by atoms with Gasteiger partial charge in [-0.15, -0.1) is 0 Å². The van der Waals surface area contributed by atoms with E-state index in [1.165, 1.54) is 25.3 Å². The summed E-state index contributed by atoms with van der Waals surface area (Å²) in [6.07, 6.45) is 0. The van der Waals surface area contributed by atoms with Crippen molar-refractivity contribution in [2.45, 2.75) is 12.5 Å². The maximum Gasteiger partial charge on any atom is 0.133 e. The van der Waals surface area contributed by atoms with Gasteiger partial charge in [-0.25, -0.2) is 13.2 Å². The predicted octanol–water partition coefficient (Wildman–Crippen LogP) is 3.37. The van der Waals surface area contributed by atoms with Crippen molar-refractivity contribution >= 4 is 0 Å². The fraction of sp³-hybridized carbons (Fsp3) is 0.200. The normalized spacial score (nSPS) is 13.9. The molecule has 0 saturated carbocycles. The van der Waals surface area contributed by atoms with E-state index in [2.05, 4.69) is 0 Å². The predicted molar refractivity (Wildman–Crippen MR) is 68.0 cm³/mol. The highest BCUT2D eigenvalue weighted by Gasteiger charge is 2.37. The Morgan fingerprint density at radius 2 is 1.35 bits per heavy atom. The average Bonchev–Trinajstić information content (AvgIpc) is 2.37. The number of ether oxygens (including phenoxy) is 1. The van der Waals surface area contributed by atoms with Crippen molar-refractivity contribution in [3.05, 3.63) is 65.0 Å². The molecule has 0 aliphatic heterocycles. The molecule has 0 aromatic heterocycles. The monoisotopic (exact) mass is 282 g/mol. The van der Waals surface area contributed by atoms with Crippen LogP contribution < -0.4 is 4.74 Å². The second-order valence-corrected chi connectivity index (χ2v) is 4.49. The molecule has 1 atom stereocenters. The van der Waals surface area contributed by atoms with Crippen LogP contribution in [0.2, 0.25) is 0 Å². The zero-order chi connectivity index (χ0) is 14.9. The summed E-state index contributed by atoms with van der Waals surface area (Å²) in [5.41, 5.74) is -3.14. The highest BCUT2D eigenvalue weighted by atomic mass is 19.1. The van der Waals surface area contributed by atoms with Crippen LogP contribution in [-0.4, -0.2) is 12.2 Å². The summed E-state index contributed by atoms with van der Waals surface area (Å²) in [5.74, 6) is -2.71. The van der Waals surface area contributed by atoms with Crippen LogP contribution in [0.4, 0.5) is 13.2 Å². The van der Waals surface area contributed by atoms with E-state index < -0.39 is 28.6 Å². The van der Waals surface area contributed by atoms with Crippen LogP contribution in [0.1, 0.15) is 18.1 Å². The molecule has 0 aliphatic carbocycles. The van der Waals surface area contributed by atoms with Gasteiger partial charge in [0.15, 0.2) is 0 Å². The number of hydrogen-bond acceptors (Lipinski definition) is 2. The van der Waals surface area contributed by atoms with Crippen LogP contribution in [-0.2, 0) is 5.60 Å². The SMILES string of the molecule is COc1cccc(F)c1C(C)(O)c1c(F)cccc1F. The van der Waals surface area contributed by atoms with E-state index in [4.69, 9.17) is 4.74 Å². The molecular weight excluding hydrogens is 269 g/mol. The first-order chi connectivity index (χ1) is 9.39. The van der Waals surface area contributed by atoms with Crippen molar-refractivity contribution < 1.29 is 23.0 Å². The second kappa shape index (κ2) is 5.17. The number of rotatable bonds is 3. The third-order valence-electron chi connectivity index (χ3n) is 3.13. The van der Waals surface area contributed by atoms with Crippen LogP contribution in [0.5, 0.6) is 5.75 Å². The third-order valence-corrected chi connectivity index (χ3v) is 3.13. The molecule has 2 aromatic carbocycles. The van der Waals surface area contributed by atoms with Gasteiger partial charge in [0.25, 0.3) is 0 Å². The Kier molecular flexibility index (Phi) is 3.72. The summed E-state index contributed by atoms with van der Waals surface area (Å²) in [7, 11) is 1.28. The van der Waals surface area contributed by atoms with Crippen LogP contribution in [0.25, 0.3) is 0 Å². The lowest BCUT2D eigenvalue weighted by Gasteiger charge is -2.27. The first-order valence-electron chi connectivity index (χ1n) is 5.89. The molecule has 5 heteroatoms. The molecule has 2 nitrogen and oxygen atoms in total. The van der Waals surface area contributed by atoms with Crippen molar-refractivity contribution in [3.63, 3.8) is 0 Å².